The van der Waals surface area contributed by atoms with Crippen LogP contribution in [0.2, 0.25) is 0 Å². The first kappa shape index (κ1) is 39.0. The lowest BCUT2D eigenvalue weighted by molar-refractivity contribution is 0.0937. The number of unbranched alkanes of at least 4 members (excludes halogenated alkanes) is 21. The van der Waals surface area contributed by atoms with Crippen molar-refractivity contribution < 1.29 is 14.3 Å². The second-order valence-electron chi connectivity index (χ2n) is 12.5. The second-order valence-corrected chi connectivity index (χ2v) is 12.5. The fourth-order valence-corrected chi connectivity index (χ4v) is 5.51. The summed E-state index contributed by atoms with van der Waals surface area (Å²) < 4.78 is 6.07. The van der Waals surface area contributed by atoms with Gasteiger partial charge >= 0.3 is 0 Å². The third kappa shape index (κ3) is 21.3. The molecule has 0 bridgehead atoms. The third-order valence-corrected chi connectivity index (χ3v) is 8.38. The van der Waals surface area contributed by atoms with E-state index in [4.69, 9.17) is 4.74 Å². The van der Waals surface area contributed by atoms with E-state index >= 15 is 0 Å². The fourth-order valence-electron chi connectivity index (χ4n) is 5.51. The summed E-state index contributed by atoms with van der Waals surface area (Å²) in [5.74, 6) is 0.310. The summed E-state index contributed by atoms with van der Waals surface area (Å²) in [7, 11) is 0. The van der Waals surface area contributed by atoms with Gasteiger partial charge in [0.1, 0.15) is 5.75 Å². The van der Waals surface area contributed by atoms with E-state index in [-0.39, 0.29) is 11.8 Å². The van der Waals surface area contributed by atoms with Gasteiger partial charge in [-0.15, -0.1) is 0 Å². The Morgan fingerprint density at radius 3 is 1.37 bits per heavy atom. The van der Waals surface area contributed by atoms with Gasteiger partial charge in [0.25, 0.3) is 11.8 Å². The number of rotatable bonds is 30. The molecule has 0 aromatic heterocycles. The van der Waals surface area contributed by atoms with Crippen molar-refractivity contribution in [2.24, 2.45) is 0 Å². The van der Waals surface area contributed by atoms with Gasteiger partial charge in [-0.25, -0.2) is 0 Å². The Morgan fingerprint density at radius 2 is 0.907 bits per heavy atom. The molecule has 5 nitrogen and oxygen atoms in total. The highest BCUT2D eigenvalue weighted by Gasteiger charge is 2.16. The molecule has 1 rings (SSSR count). The van der Waals surface area contributed by atoms with Gasteiger partial charge in [-0.3, -0.25) is 9.59 Å². The van der Waals surface area contributed by atoms with Crippen LogP contribution in [-0.4, -0.2) is 31.5 Å². The van der Waals surface area contributed by atoms with Crippen molar-refractivity contribution >= 4 is 11.8 Å². The van der Waals surface area contributed by atoms with Crippen molar-refractivity contribution in [3.05, 3.63) is 29.3 Å². The van der Waals surface area contributed by atoms with Gasteiger partial charge < -0.3 is 15.4 Å². The van der Waals surface area contributed by atoms with Crippen molar-refractivity contribution in [2.75, 3.05) is 19.7 Å². The highest BCUT2D eigenvalue weighted by Crippen LogP contribution is 2.22. The lowest BCUT2D eigenvalue weighted by Crippen LogP contribution is -2.26. The Bertz CT molecular complexity index is 810. The van der Waals surface area contributed by atoms with Gasteiger partial charge in [0, 0.05) is 18.7 Å². The minimum absolute atomic E-state index is 0.0934. The van der Waals surface area contributed by atoms with E-state index < -0.39 is 0 Å². The zero-order valence-electron chi connectivity index (χ0n) is 28.5. The predicted octanol–water partition coefficient (Wildman–Crippen LogP) is 10.9. The zero-order chi connectivity index (χ0) is 31.2. The fraction of sp³-hybridized carbons (Fsp3) is 0.789. The SMILES string of the molecule is CCCCCCCCCCCCNC(=O)c1ccc(C(=O)NCCCCCCCCCCCC)c(OCCCCCC)c1. The van der Waals surface area contributed by atoms with Crippen molar-refractivity contribution in [3.8, 4) is 5.75 Å². The van der Waals surface area contributed by atoms with Gasteiger partial charge in [-0.2, -0.15) is 0 Å². The quantitative estimate of drug-likeness (QED) is 0.0863. The molecule has 0 aliphatic heterocycles. The number of benzene rings is 1. The molecule has 0 radical (unpaired) electrons. The zero-order valence-corrected chi connectivity index (χ0v) is 28.5. The summed E-state index contributed by atoms with van der Waals surface area (Å²) in [5.41, 5.74) is 1.08. The largest absolute Gasteiger partial charge is 0.493 e. The average molecular weight is 601 g/mol. The summed E-state index contributed by atoms with van der Waals surface area (Å²) in [6.07, 6.45) is 29.9. The monoisotopic (exact) mass is 601 g/mol. The molecule has 1 aromatic carbocycles. The molecular weight excluding hydrogens is 532 g/mol. The van der Waals surface area contributed by atoms with Gasteiger partial charge in [0.2, 0.25) is 0 Å². The smallest absolute Gasteiger partial charge is 0.255 e. The molecule has 0 heterocycles. The number of hydrogen-bond donors (Lipinski definition) is 2. The maximum atomic E-state index is 13.0. The maximum absolute atomic E-state index is 13.0. The number of ether oxygens (including phenoxy) is 1. The Morgan fingerprint density at radius 1 is 0.512 bits per heavy atom. The molecule has 1 aromatic rings. The molecule has 2 amide bonds. The molecule has 0 spiro atoms. The van der Waals surface area contributed by atoms with Gasteiger partial charge in [0.15, 0.2) is 0 Å². The minimum Gasteiger partial charge on any atom is -0.493 e. The Hall–Kier alpha value is -2.04. The van der Waals surface area contributed by atoms with Crippen LogP contribution < -0.4 is 15.4 Å². The van der Waals surface area contributed by atoms with Crippen LogP contribution in [0.3, 0.4) is 0 Å². The van der Waals surface area contributed by atoms with Crippen molar-refractivity contribution in [3.63, 3.8) is 0 Å². The molecule has 5 heteroatoms. The first-order valence-electron chi connectivity index (χ1n) is 18.5. The highest BCUT2D eigenvalue weighted by molar-refractivity contribution is 6.00. The maximum Gasteiger partial charge on any atom is 0.255 e. The summed E-state index contributed by atoms with van der Waals surface area (Å²) in [5, 5.41) is 6.14. The van der Waals surface area contributed by atoms with Crippen molar-refractivity contribution in [2.45, 2.75) is 175 Å². The first-order valence-corrected chi connectivity index (χ1v) is 18.5. The molecule has 0 aliphatic rings. The van der Waals surface area contributed by atoms with E-state index in [0.29, 0.717) is 36.6 Å². The number of carbonyl (C=O) groups excluding carboxylic acids is 2. The Balaban J connectivity index is 2.43. The van der Waals surface area contributed by atoms with Crippen LogP contribution in [0, 0.1) is 0 Å². The normalized spacial score (nSPS) is 11.0. The van der Waals surface area contributed by atoms with Crippen molar-refractivity contribution in [1.82, 2.24) is 10.6 Å². The molecule has 248 valence electrons. The van der Waals surface area contributed by atoms with Gasteiger partial charge in [-0.05, 0) is 37.5 Å². The molecular formula is C38H68N2O3. The lowest BCUT2D eigenvalue weighted by Gasteiger charge is -2.14. The molecule has 0 unspecified atom stereocenters. The molecule has 0 saturated carbocycles. The average Bonchev–Trinajstić information content (AvgIpc) is 3.02. The third-order valence-electron chi connectivity index (χ3n) is 8.38. The van der Waals surface area contributed by atoms with E-state index in [1.54, 1.807) is 18.2 Å². The van der Waals surface area contributed by atoms with Crippen LogP contribution in [0.25, 0.3) is 0 Å². The standard InChI is InChI=1S/C38H68N2O3/c1-4-7-10-13-15-17-19-21-23-25-30-39-37(41)34-28-29-35(36(33-34)43-32-27-12-9-6-3)38(42)40-31-26-24-22-20-18-16-14-11-8-5-2/h28-29,33H,4-27,30-32H2,1-3H3,(H,39,41)(H,40,42). The van der Waals surface area contributed by atoms with E-state index in [2.05, 4.69) is 31.4 Å². The van der Waals surface area contributed by atoms with Crippen LogP contribution in [0.5, 0.6) is 5.75 Å². The van der Waals surface area contributed by atoms with Crippen molar-refractivity contribution in [1.29, 1.82) is 0 Å². The molecule has 0 saturated heterocycles. The highest BCUT2D eigenvalue weighted by atomic mass is 16.5. The number of carbonyl (C=O) groups is 2. The Kier molecular flexibility index (Phi) is 26.0. The summed E-state index contributed by atoms with van der Waals surface area (Å²) in [4.78, 5) is 25.9. The summed E-state index contributed by atoms with van der Waals surface area (Å²) in [6, 6.07) is 5.26. The number of amides is 2. The van der Waals surface area contributed by atoms with Crippen LogP contribution >= 0.6 is 0 Å². The Labute approximate surface area is 266 Å². The number of hydrogen-bond acceptors (Lipinski definition) is 3. The molecule has 43 heavy (non-hydrogen) atoms. The second kappa shape index (κ2) is 28.7. The van der Waals surface area contributed by atoms with Crippen LogP contribution in [0.1, 0.15) is 196 Å². The van der Waals surface area contributed by atoms with E-state index in [9.17, 15) is 9.59 Å². The van der Waals surface area contributed by atoms with Crippen LogP contribution in [0.15, 0.2) is 18.2 Å². The summed E-state index contributed by atoms with van der Waals surface area (Å²) in [6.45, 7) is 8.62. The van der Waals surface area contributed by atoms with Gasteiger partial charge in [-0.1, -0.05) is 156 Å². The minimum atomic E-state index is -0.114. The summed E-state index contributed by atoms with van der Waals surface area (Å²) >= 11 is 0. The van der Waals surface area contributed by atoms with Crippen LogP contribution in [-0.2, 0) is 0 Å². The van der Waals surface area contributed by atoms with Gasteiger partial charge in [0.05, 0.1) is 12.2 Å². The lowest BCUT2D eigenvalue weighted by atomic mass is 10.1. The van der Waals surface area contributed by atoms with E-state index in [1.165, 1.54) is 116 Å². The first-order chi connectivity index (χ1) is 21.1. The van der Waals surface area contributed by atoms with E-state index in [1.807, 2.05) is 0 Å². The molecule has 0 atom stereocenters. The predicted molar refractivity (Wildman–Crippen MR) is 184 cm³/mol. The number of nitrogens with one attached hydrogen (secondary N) is 2. The van der Waals surface area contributed by atoms with E-state index in [0.717, 1.165) is 38.5 Å². The topological polar surface area (TPSA) is 67.4 Å². The molecule has 0 aliphatic carbocycles. The van der Waals surface area contributed by atoms with Crippen LogP contribution in [0.4, 0.5) is 0 Å². The molecule has 2 N–H and O–H groups in total. The molecule has 0 fully saturated rings.